The van der Waals surface area contributed by atoms with Gasteiger partial charge >= 0.3 is 0 Å². The zero-order valence-corrected chi connectivity index (χ0v) is 12.7. The molecule has 1 aromatic rings. The van der Waals surface area contributed by atoms with Crippen molar-refractivity contribution in [2.24, 2.45) is 13.0 Å². The minimum atomic E-state index is 0.887. The fraction of sp³-hybridized carbons (Fsp3) is 0.800. The average Bonchev–Trinajstić information content (AvgIpc) is 2.83. The number of piperidine rings is 1. The first-order chi connectivity index (χ1) is 9.22. The quantitative estimate of drug-likeness (QED) is 0.785. The predicted octanol–water partition coefficient (Wildman–Crippen LogP) is 1.97. The molecule has 1 aliphatic heterocycles. The number of imidazole rings is 1. The van der Waals surface area contributed by atoms with E-state index in [9.17, 15) is 0 Å². The molecular formula is C15H28N4. The number of rotatable bonds is 6. The van der Waals surface area contributed by atoms with Crippen LogP contribution < -0.4 is 0 Å². The van der Waals surface area contributed by atoms with E-state index in [1.807, 2.05) is 12.4 Å². The van der Waals surface area contributed by atoms with Crippen molar-refractivity contribution in [1.29, 1.82) is 0 Å². The van der Waals surface area contributed by atoms with Crippen LogP contribution in [0.15, 0.2) is 12.4 Å². The molecule has 0 bridgehead atoms. The summed E-state index contributed by atoms with van der Waals surface area (Å²) >= 11 is 0. The highest BCUT2D eigenvalue weighted by atomic mass is 15.2. The molecule has 0 aliphatic carbocycles. The maximum atomic E-state index is 4.42. The van der Waals surface area contributed by atoms with Gasteiger partial charge in [0.25, 0.3) is 0 Å². The van der Waals surface area contributed by atoms with Gasteiger partial charge in [-0.15, -0.1) is 0 Å². The number of hydrogen-bond acceptors (Lipinski definition) is 3. The summed E-state index contributed by atoms with van der Waals surface area (Å²) in [5, 5.41) is 0. The van der Waals surface area contributed by atoms with Gasteiger partial charge in [-0.25, -0.2) is 4.98 Å². The van der Waals surface area contributed by atoms with Crippen LogP contribution in [0.3, 0.4) is 0 Å². The van der Waals surface area contributed by atoms with Gasteiger partial charge in [-0.1, -0.05) is 13.8 Å². The first-order valence-electron chi connectivity index (χ1n) is 7.63. The van der Waals surface area contributed by atoms with E-state index >= 15 is 0 Å². The molecule has 0 unspecified atom stereocenters. The molecule has 0 atom stereocenters. The van der Waals surface area contributed by atoms with Crippen molar-refractivity contribution in [3.63, 3.8) is 0 Å². The van der Waals surface area contributed by atoms with Gasteiger partial charge in [0.05, 0.1) is 6.54 Å². The molecule has 0 amide bonds. The third kappa shape index (κ3) is 4.05. The Kier molecular flexibility index (Phi) is 5.40. The lowest BCUT2D eigenvalue weighted by Crippen LogP contribution is -2.38. The number of nitrogens with zero attached hydrogens (tertiary/aromatic N) is 4. The molecule has 4 heteroatoms. The van der Waals surface area contributed by atoms with E-state index < -0.39 is 0 Å². The highest BCUT2D eigenvalue weighted by Gasteiger charge is 2.21. The molecule has 1 saturated heterocycles. The monoisotopic (exact) mass is 264 g/mol. The fourth-order valence-electron chi connectivity index (χ4n) is 2.92. The topological polar surface area (TPSA) is 24.3 Å². The molecule has 1 fully saturated rings. The lowest BCUT2D eigenvalue weighted by Gasteiger charge is -2.34. The lowest BCUT2D eigenvalue weighted by atomic mass is 9.96. The van der Waals surface area contributed by atoms with Crippen LogP contribution >= 0.6 is 0 Å². The molecule has 4 nitrogen and oxygen atoms in total. The molecule has 2 rings (SSSR count). The van der Waals surface area contributed by atoms with Gasteiger partial charge < -0.3 is 9.47 Å². The average molecular weight is 264 g/mol. The van der Waals surface area contributed by atoms with Crippen LogP contribution in [0.25, 0.3) is 0 Å². The molecule has 0 saturated carbocycles. The SMILES string of the molecule is CCN(CC)CC1CCN(Cc2nccn2C)CC1. The van der Waals surface area contributed by atoms with Crippen molar-refractivity contribution in [2.75, 3.05) is 32.7 Å². The smallest absolute Gasteiger partial charge is 0.122 e. The van der Waals surface area contributed by atoms with E-state index in [1.54, 1.807) is 0 Å². The van der Waals surface area contributed by atoms with E-state index in [0.29, 0.717) is 0 Å². The van der Waals surface area contributed by atoms with Crippen LogP contribution in [0.5, 0.6) is 0 Å². The summed E-state index contributed by atoms with van der Waals surface area (Å²) in [5.41, 5.74) is 0. The summed E-state index contributed by atoms with van der Waals surface area (Å²) in [6.45, 7) is 11.6. The van der Waals surface area contributed by atoms with Crippen LogP contribution in [0, 0.1) is 5.92 Å². The van der Waals surface area contributed by atoms with Gasteiger partial charge in [0.15, 0.2) is 0 Å². The van der Waals surface area contributed by atoms with Gasteiger partial charge in [0.1, 0.15) is 5.82 Å². The number of aryl methyl sites for hydroxylation is 1. The summed E-state index contributed by atoms with van der Waals surface area (Å²) in [4.78, 5) is 9.51. The Morgan fingerprint density at radius 2 is 1.95 bits per heavy atom. The van der Waals surface area contributed by atoms with Crippen LogP contribution in [0.2, 0.25) is 0 Å². The summed E-state index contributed by atoms with van der Waals surface area (Å²) in [5.74, 6) is 2.07. The van der Waals surface area contributed by atoms with Crippen molar-refractivity contribution >= 4 is 0 Å². The molecule has 19 heavy (non-hydrogen) atoms. The normalized spacial score (nSPS) is 18.3. The van der Waals surface area contributed by atoms with E-state index in [2.05, 4.69) is 40.2 Å². The third-order valence-electron chi connectivity index (χ3n) is 4.40. The van der Waals surface area contributed by atoms with Gasteiger partial charge in [0, 0.05) is 26.0 Å². The highest BCUT2D eigenvalue weighted by molar-refractivity contribution is 4.91. The fourth-order valence-corrected chi connectivity index (χ4v) is 2.92. The van der Waals surface area contributed by atoms with Crippen molar-refractivity contribution < 1.29 is 0 Å². The predicted molar refractivity (Wildman–Crippen MR) is 79.0 cm³/mol. The van der Waals surface area contributed by atoms with Crippen molar-refractivity contribution in [1.82, 2.24) is 19.4 Å². The first kappa shape index (κ1) is 14.5. The summed E-state index contributed by atoms with van der Waals surface area (Å²) < 4.78 is 2.13. The second-order valence-electron chi connectivity index (χ2n) is 5.66. The third-order valence-corrected chi connectivity index (χ3v) is 4.40. The van der Waals surface area contributed by atoms with Gasteiger partial charge in [-0.2, -0.15) is 0 Å². The van der Waals surface area contributed by atoms with Crippen molar-refractivity contribution in [2.45, 2.75) is 33.2 Å². The summed E-state index contributed by atoms with van der Waals surface area (Å²) in [7, 11) is 2.08. The first-order valence-corrected chi connectivity index (χ1v) is 7.63. The zero-order chi connectivity index (χ0) is 13.7. The Labute approximate surface area is 117 Å². The molecule has 2 heterocycles. The molecule has 0 aromatic carbocycles. The van der Waals surface area contributed by atoms with Gasteiger partial charge in [0.2, 0.25) is 0 Å². The molecule has 108 valence electrons. The second kappa shape index (κ2) is 7.06. The van der Waals surface area contributed by atoms with E-state index in [1.165, 1.54) is 51.4 Å². The molecule has 1 aliphatic rings. The highest BCUT2D eigenvalue weighted by Crippen LogP contribution is 2.19. The summed E-state index contributed by atoms with van der Waals surface area (Å²) in [6.07, 6.45) is 6.59. The van der Waals surface area contributed by atoms with Crippen LogP contribution in [-0.4, -0.2) is 52.1 Å². The van der Waals surface area contributed by atoms with E-state index in [4.69, 9.17) is 0 Å². The maximum Gasteiger partial charge on any atom is 0.122 e. The van der Waals surface area contributed by atoms with Crippen LogP contribution in [0.1, 0.15) is 32.5 Å². The second-order valence-corrected chi connectivity index (χ2v) is 5.66. The minimum absolute atomic E-state index is 0.887. The minimum Gasteiger partial charge on any atom is -0.337 e. The summed E-state index contributed by atoms with van der Waals surface area (Å²) in [6, 6.07) is 0. The lowest BCUT2D eigenvalue weighted by molar-refractivity contribution is 0.140. The molecule has 0 spiro atoms. The maximum absolute atomic E-state index is 4.42. The largest absolute Gasteiger partial charge is 0.337 e. The Morgan fingerprint density at radius 3 is 2.47 bits per heavy atom. The van der Waals surface area contributed by atoms with Crippen molar-refractivity contribution in [3.05, 3.63) is 18.2 Å². The standard InChI is InChI=1S/C15H28N4/c1-4-18(5-2)12-14-6-9-19(10-7-14)13-15-16-8-11-17(15)3/h8,11,14H,4-7,9-10,12-13H2,1-3H3. The molecule has 0 radical (unpaired) electrons. The number of hydrogen-bond donors (Lipinski definition) is 0. The Hall–Kier alpha value is -0.870. The number of likely N-dealkylation sites (tertiary alicyclic amines) is 1. The Morgan fingerprint density at radius 1 is 1.26 bits per heavy atom. The molecule has 1 aromatic heterocycles. The van der Waals surface area contributed by atoms with Crippen molar-refractivity contribution in [3.8, 4) is 0 Å². The molecule has 0 N–H and O–H groups in total. The van der Waals surface area contributed by atoms with Gasteiger partial charge in [-0.05, 0) is 44.9 Å². The zero-order valence-electron chi connectivity index (χ0n) is 12.7. The van der Waals surface area contributed by atoms with E-state index in [-0.39, 0.29) is 0 Å². The van der Waals surface area contributed by atoms with Gasteiger partial charge in [-0.3, -0.25) is 4.90 Å². The van der Waals surface area contributed by atoms with E-state index in [0.717, 1.165) is 12.5 Å². The van der Waals surface area contributed by atoms with Crippen LogP contribution in [0.4, 0.5) is 0 Å². The molecular weight excluding hydrogens is 236 g/mol. The number of aromatic nitrogens is 2. The Balaban J connectivity index is 1.75. The van der Waals surface area contributed by atoms with Crippen LogP contribution in [-0.2, 0) is 13.6 Å². The Bertz CT molecular complexity index is 362.